The molecule has 134 valence electrons. The zero-order valence-electron chi connectivity index (χ0n) is 14.7. The predicted octanol–water partition coefficient (Wildman–Crippen LogP) is 2.00. The number of nitrogens with zero attached hydrogens (tertiary/aromatic N) is 4. The summed E-state index contributed by atoms with van der Waals surface area (Å²) in [6.45, 7) is 7.27. The first-order valence-corrected chi connectivity index (χ1v) is 9.12. The minimum Gasteiger partial charge on any atom is -0.497 e. The normalized spacial score (nSPS) is 16.5. The summed E-state index contributed by atoms with van der Waals surface area (Å²) in [6.07, 6.45) is 0. The Morgan fingerprint density at radius 3 is 2.44 bits per heavy atom. The van der Waals surface area contributed by atoms with Gasteiger partial charge in [-0.05, 0) is 38.1 Å². The number of anilines is 2. The summed E-state index contributed by atoms with van der Waals surface area (Å²) in [7, 11) is 1.67. The van der Waals surface area contributed by atoms with Gasteiger partial charge >= 0.3 is 0 Å². The summed E-state index contributed by atoms with van der Waals surface area (Å²) in [5.74, 6) is 0.827. The second-order valence-electron chi connectivity index (χ2n) is 6.01. The quantitative estimate of drug-likeness (QED) is 0.878. The van der Waals surface area contributed by atoms with Crippen molar-refractivity contribution in [3.8, 4) is 5.75 Å². The maximum absolute atomic E-state index is 12.4. The van der Waals surface area contributed by atoms with Gasteiger partial charge in [-0.15, -0.1) is 10.2 Å². The van der Waals surface area contributed by atoms with Crippen molar-refractivity contribution in [1.29, 1.82) is 0 Å². The third-order valence-corrected chi connectivity index (χ3v) is 5.19. The number of rotatable bonds is 5. The highest BCUT2D eigenvalue weighted by Crippen LogP contribution is 2.21. The monoisotopic (exact) mass is 361 g/mol. The lowest BCUT2D eigenvalue weighted by Gasteiger charge is -2.38. The van der Waals surface area contributed by atoms with Gasteiger partial charge in [-0.2, -0.15) is 0 Å². The second-order valence-corrected chi connectivity index (χ2v) is 7.19. The van der Waals surface area contributed by atoms with E-state index < -0.39 is 0 Å². The molecule has 1 aromatic carbocycles. The molecule has 1 saturated heterocycles. The molecule has 0 unspecified atom stereocenters. The number of carbonyl (C=O) groups is 1. The van der Waals surface area contributed by atoms with Gasteiger partial charge in [0.15, 0.2) is 0 Å². The van der Waals surface area contributed by atoms with Gasteiger partial charge in [-0.25, -0.2) is 0 Å². The van der Waals surface area contributed by atoms with Crippen molar-refractivity contribution < 1.29 is 9.53 Å². The van der Waals surface area contributed by atoms with E-state index in [9.17, 15) is 4.79 Å². The van der Waals surface area contributed by atoms with Gasteiger partial charge in [0.25, 0.3) is 0 Å². The van der Waals surface area contributed by atoms with Crippen molar-refractivity contribution in [2.24, 2.45) is 0 Å². The van der Waals surface area contributed by atoms with Crippen LogP contribution < -0.4 is 15.0 Å². The van der Waals surface area contributed by atoms with Gasteiger partial charge in [-0.1, -0.05) is 11.3 Å². The fourth-order valence-electron chi connectivity index (χ4n) is 2.88. The molecule has 1 N–H and O–H groups in total. The Kier molecular flexibility index (Phi) is 5.50. The maximum Gasteiger partial charge on any atom is 0.243 e. The third-order valence-electron chi connectivity index (χ3n) is 4.44. The van der Waals surface area contributed by atoms with E-state index in [2.05, 4.69) is 37.4 Å². The minimum atomic E-state index is -0.192. The number of hydrogen-bond donors (Lipinski definition) is 1. The standard InChI is InChI=1S/C17H23N5O2S/c1-12(16(23)18-17-20-19-13(2)25-17)21-8-10-22(11-9-21)14-4-6-15(24-3)7-5-14/h4-7,12H,8-11H2,1-3H3,(H,18,20,23)/t12-/m0/s1. The van der Waals surface area contributed by atoms with Crippen LogP contribution in [0.3, 0.4) is 0 Å². The van der Waals surface area contributed by atoms with Gasteiger partial charge in [0.1, 0.15) is 10.8 Å². The van der Waals surface area contributed by atoms with E-state index >= 15 is 0 Å². The highest BCUT2D eigenvalue weighted by Gasteiger charge is 2.26. The Labute approximate surface area is 151 Å². The van der Waals surface area contributed by atoms with Gasteiger partial charge < -0.3 is 9.64 Å². The molecule has 0 radical (unpaired) electrons. The predicted molar refractivity (Wildman–Crippen MR) is 99.5 cm³/mol. The van der Waals surface area contributed by atoms with E-state index in [4.69, 9.17) is 4.74 Å². The Bertz CT molecular complexity index is 710. The number of benzene rings is 1. The summed E-state index contributed by atoms with van der Waals surface area (Å²) in [4.78, 5) is 16.9. The van der Waals surface area contributed by atoms with Crippen LogP contribution in [0, 0.1) is 6.92 Å². The summed E-state index contributed by atoms with van der Waals surface area (Å²) in [6, 6.07) is 7.90. The summed E-state index contributed by atoms with van der Waals surface area (Å²) < 4.78 is 5.20. The Morgan fingerprint density at radius 1 is 1.20 bits per heavy atom. The number of methoxy groups -OCH3 is 1. The number of nitrogens with one attached hydrogen (secondary N) is 1. The molecule has 0 aliphatic carbocycles. The van der Waals surface area contributed by atoms with Crippen LogP contribution in [0.5, 0.6) is 5.75 Å². The molecule has 8 heteroatoms. The fourth-order valence-corrected chi connectivity index (χ4v) is 3.48. The number of ether oxygens (including phenoxy) is 1. The van der Waals surface area contributed by atoms with Gasteiger partial charge in [0.05, 0.1) is 13.2 Å². The van der Waals surface area contributed by atoms with E-state index in [1.807, 2.05) is 26.0 Å². The number of amides is 1. The first-order chi connectivity index (χ1) is 12.1. The number of hydrogen-bond acceptors (Lipinski definition) is 7. The minimum absolute atomic E-state index is 0.0333. The molecule has 1 aliphatic rings. The molecule has 0 saturated carbocycles. The maximum atomic E-state index is 12.4. The first-order valence-electron chi connectivity index (χ1n) is 8.31. The molecule has 0 bridgehead atoms. The number of aryl methyl sites for hydroxylation is 1. The lowest BCUT2D eigenvalue weighted by molar-refractivity contribution is -0.120. The van der Waals surface area contributed by atoms with Crippen molar-refractivity contribution in [3.05, 3.63) is 29.3 Å². The Balaban J connectivity index is 1.53. The molecule has 2 aromatic rings. The molecular weight excluding hydrogens is 338 g/mol. The molecule has 1 atom stereocenters. The molecule has 7 nitrogen and oxygen atoms in total. The molecule has 2 heterocycles. The van der Waals surface area contributed by atoms with E-state index in [-0.39, 0.29) is 11.9 Å². The van der Waals surface area contributed by atoms with Crippen LogP contribution in [-0.2, 0) is 4.79 Å². The van der Waals surface area contributed by atoms with Gasteiger partial charge in [0, 0.05) is 31.9 Å². The highest BCUT2D eigenvalue weighted by atomic mass is 32.1. The molecule has 1 fully saturated rings. The molecule has 0 spiro atoms. The van der Waals surface area contributed by atoms with Crippen molar-refractivity contribution in [2.75, 3.05) is 43.5 Å². The molecule has 1 aliphatic heterocycles. The number of piperazine rings is 1. The average molecular weight is 361 g/mol. The Hall–Kier alpha value is -2.19. The van der Waals surface area contributed by atoms with Crippen LogP contribution in [0.1, 0.15) is 11.9 Å². The first kappa shape index (κ1) is 17.6. The lowest BCUT2D eigenvalue weighted by atomic mass is 10.2. The van der Waals surface area contributed by atoms with Crippen molar-refractivity contribution in [2.45, 2.75) is 19.9 Å². The largest absolute Gasteiger partial charge is 0.497 e. The molecule has 3 rings (SSSR count). The van der Waals surface area contributed by atoms with Crippen molar-refractivity contribution >= 4 is 28.1 Å². The number of carbonyl (C=O) groups excluding carboxylic acids is 1. The lowest BCUT2D eigenvalue weighted by Crippen LogP contribution is -2.52. The van der Waals surface area contributed by atoms with Crippen LogP contribution >= 0.6 is 11.3 Å². The molecule has 1 aromatic heterocycles. The summed E-state index contributed by atoms with van der Waals surface area (Å²) in [5, 5.41) is 12.1. The summed E-state index contributed by atoms with van der Waals surface area (Å²) in [5.41, 5.74) is 1.18. The Morgan fingerprint density at radius 2 is 1.88 bits per heavy atom. The topological polar surface area (TPSA) is 70.6 Å². The smallest absolute Gasteiger partial charge is 0.243 e. The molecular formula is C17H23N5O2S. The van der Waals surface area contributed by atoms with Crippen LogP contribution in [-0.4, -0.2) is 60.3 Å². The zero-order chi connectivity index (χ0) is 17.8. The van der Waals surface area contributed by atoms with Crippen LogP contribution in [0.2, 0.25) is 0 Å². The molecule has 1 amide bonds. The van der Waals surface area contributed by atoms with Crippen molar-refractivity contribution in [1.82, 2.24) is 15.1 Å². The van der Waals surface area contributed by atoms with Gasteiger partial charge in [-0.3, -0.25) is 15.0 Å². The van der Waals surface area contributed by atoms with E-state index in [1.54, 1.807) is 7.11 Å². The van der Waals surface area contributed by atoms with Crippen LogP contribution in [0.15, 0.2) is 24.3 Å². The third kappa shape index (κ3) is 4.26. The SMILES string of the molecule is COc1ccc(N2CCN([C@@H](C)C(=O)Nc3nnc(C)s3)CC2)cc1. The molecule has 25 heavy (non-hydrogen) atoms. The van der Waals surface area contributed by atoms with E-state index in [1.165, 1.54) is 17.0 Å². The number of aromatic nitrogens is 2. The zero-order valence-corrected chi connectivity index (χ0v) is 15.5. The van der Waals surface area contributed by atoms with E-state index in [0.717, 1.165) is 36.9 Å². The fraction of sp³-hybridized carbons (Fsp3) is 0.471. The van der Waals surface area contributed by atoms with Crippen LogP contribution in [0.25, 0.3) is 0 Å². The summed E-state index contributed by atoms with van der Waals surface area (Å²) >= 11 is 1.39. The second kappa shape index (κ2) is 7.79. The van der Waals surface area contributed by atoms with Gasteiger partial charge in [0.2, 0.25) is 11.0 Å². The average Bonchev–Trinajstić information content (AvgIpc) is 3.06. The van der Waals surface area contributed by atoms with Crippen LogP contribution in [0.4, 0.5) is 10.8 Å². The van der Waals surface area contributed by atoms with E-state index in [0.29, 0.717) is 5.13 Å². The van der Waals surface area contributed by atoms with Crippen molar-refractivity contribution in [3.63, 3.8) is 0 Å². The highest BCUT2D eigenvalue weighted by molar-refractivity contribution is 7.15.